The summed E-state index contributed by atoms with van der Waals surface area (Å²) in [6.45, 7) is 4.20. The first-order chi connectivity index (χ1) is 23.4. The van der Waals surface area contributed by atoms with Crippen molar-refractivity contribution in [3.05, 3.63) is 101 Å². The normalized spacial score (nSPS) is 20.0. The van der Waals surface area contributed by atoms with Crippen LogP contribution >= 0.6 is 0 Å². The van der Waals surface area contributed by atoms with E-state index in [0.29, 0.717) is 34.6 Å². The van der Waals surface area contributed by atoms with Gasteiger partial charge in [0.1, 0.15) is 0 Å². The van der Waals surface area contributed by atoms with Crippen LogP contribution in [0, 0.1) is 41.0 Å². The fourth-order valence-electron chi connectivity index (χ4n) is 8.12. The summed E-state index contributed by atoms with van der Waals surface area (Å²) in [7, 11) is 0. The van der Waals surface area contributed by atoms with Gasteiger partial charge in [-0.3, -0.25) is 0 Å². The third-order valence-corrected chi connectivity index (χ3v) is 11.1. The van der Waals surface area contributed by atoms with Crippen molar-refractivity contribution in [2.24, 2.45) is 17.8 Å². The lowest BCUT2D eigenvalue weighted by molar-refractivity contribution is 0.187. The number of hydrogen-bond donors (Lipinski definition) is 0. The highest BCUT2D eigenvalue weighted by Gasteiger charge is 2.29. The molecule has 0 saturated heterocycles. The minimum absolute atomic E-state index is 0.155. The number of rotatable bonds is 15. The van der Waals surface area contributed by atoms with Gasteiger partial charge in [-0.05, 0) is 98.3 Å². The first kappa shape index (κ1) is 36.1. The van der Waals surface area contributed by atoms with Crippen LogP contribution < -0.4 is 0 Å². The van der Waals surface area contributed by atoms with Crippen LogP contribution in [0.1, 0.15) is 128 Å². The molecule has 48 heavy (non-hydrogen) atoms. The Balaban J connectivity index is 1.17. The van der Waals surface area contributed by atoms with Crippen LogP contribution in [0.4, 0.5) is 17.6 Å². The van der Waals surface area contributed by atoms with E-state index in [4.69, 9.17) is 0 Å². The van der Waals surface area contributed by atoms with E-state index in [1.165, 1.54) is 70.6 Å². The van der Waals surface area contributed by atoms with Gasteiger partial charge < -0.3 is 0 Å². The topological polar surface area (TPSA) is 0 Å². The van der Waals surface area contributed by atoms with Gasteiger partial charge in [0.2, 0.25) is 0 Å². The zero-order valence-electron chi connectivity index (χ0n) is 29.1. The summed E-state index contributed by atoms with van der Waals surface area (Å²) in [6, 6.07) is 13.1. The van der Waals surface area contributed by atoms with E-state index in [-0.39, 0.29) is 11.1 Å². The molecule has 3 aromatic carbocycles. The highest BCUT2D eigenvalue weighted by Crippen LogP contribution is 2.43. The molecule has 258 valence electrons. The molecule has 2 aliphatic rings. The van der Waals surface area contributed by atoms with Gasteiger partial charge in [-0.1, -0.05) is 131 Å². The summed E-state index contributed by atoms with van der Waals surface area (Å²) in [5.41, 5.74) is 2.93. The summed E-state index contributed by atoms with van der Waals surface area (Å²) >= 11 is 0. The molecule has 5 rings (SSSR count). The lowest BCUT2D eigenvalue weighted by Crippen LogP contribution is -2.23. The maximum Gasteiger partial charge on any atom is 0.167 e. The number of hydrogen-bond acceptors (Lipinski definition) is 0. The molecule has 0 bridgehead atoms. The molecule has 0 heterocycles. The van der Waals surface area contributed by atoms with Gasteiger partial charge in [-0.2, -0.15) is 0 Å². The van der Waals surface area contributed by atoms with Gasteiger partial charge in [-0.15, -0.1) is 0 Å². The largest absolute Gasteiger partial charge is 0.203 e. The van der Waals surface area contributed by atoms with Gasteiger partial charge in [0.15, 0.2) is 23.3 Å². The molecule has 0 aromatic heterocycles. The van der Waals surface area contributed by atoms with Gasteiger partial charge in [0, 0.05) is 16.7 Å². The van der Waals surface area contributed by atoms with E-state index in [1.54, 1.807) is 48.5 Å². The smallest absolute Gasteiger partial charge is 0.167 e. The van der Waals surface area contributed by atoms with Gasteiger partial charge in [-0.25, -0.2) is 17.6 Å². The van der Waals surface area contributed by atoms with Crippen LogP contribution in [0.3, 0.4) is 0 Å². The molecule has 3 aromatic rings. The van der Waals surface area contributed by atoms with Crippen molar-refractivity contribution < 1.29 is 17.6 Å². The quantitative estimate of drug-likeness (QED) is 0.0866. The second-order valence-corrected chi connectivity index (χ2v) is 14.3. The number of unbranched alkanes of at least 4 members (excludes halogenated alkanes) is 6. The standard InChI is InChI=1S/C44H54F4/c1-3-5-7-9-10-11-13-31-15-17-32(18-16-31)33-19-21-34(22-20-33)39-29-30-40(44(48)43(39)47)36-25-23-35(24-26-36)38-28-27-37(41(45)42(38)46)14-12-8-6-4-2/h4,6,21,23-33H,3,5,7-20,22H2,1-2H3. The Morgan fingerprint density at radius 1 is 0.625 bits per heavy atom. The van der Waals surface area contributed by atoms with Gasteiger partial charge in [0.05, 0.1) is 0 Å². The maximum atomic E-state index is 15.5. The van der Waals surface area contributed by atoms with Crippen molar-refractivity contribution >= 4 is 5.57 Å². The third-order valence-electron chi connectivity index (χ3n) is 11.1. The molecule has 0 amide bonds. The molecular formula is C44H54F4. The van der Waals surface area contributed by atoms with E-state index in [0.717, 1.165) is 49.5 Å². The van der Waals surface area contributed by atoms with E-state index in [9.17, 15) is 4.39 Å². The molecule has 1 unspecified atom stereocenters. The SMILES string of the molecule is CC=CCCCc1ccc(-c2ccc(-c3ccc(C4=CCC(C5CCC(CCCCCCCC)CC5)CC4)c(F)c3F)cc2)c(F)c1F. The third kappa shape index (κ3) is 9.10. The van der Waals surface area contributed by atoms with Crippen molar-refractivity contribution in [3.8, 4) is 22.3 Å². The molecule has 1 fully saturated rings. The lowest BCUT2D eigenvalue weighted by atomic mass is 9.70. The fraction of sp³-hybridized carbons (Fsp3) is 0.500. The summed E-state index contributed by atoms with van der Waals surface area (Å²) < 4.78 is 60.8. The molecule has 4 heteroatoms. The highest BCUT2D eigenvalue weighted by molar-refractivity contribution is 5.74. The first-order valence-corrected chi connectivity index (χ1v) is 18.8. The summed E-state index contributed by atoms with van der Waals surface area (Å²) in [6.07, 6.45) is 25.8. The number of aryl methyl sites for hydroxylation is 1. The monoisotopic (exact) mass is 658 g/mol. The van der Waals surface area contributed by atoms with E-state index < -0.39 is 23.3 Å². The van der Waals surface area contributed by atoms with E-state index >= 15 is 13.2 Å². The van der Waals surface area contributed by atoms with Crippen molar-refractivity contribution in [1.29, 1.82) is 0 Å². The predicted octanol–water partition coefficient (Wildman–Crippen LogP) is 14.2. The molecule has 0 radical (unpaired) electrons. The Bertz CT molecular complexity index is 1520. The zero-order chi connectivity index (χ0) is 33.9. The van der Waals surface area contributed by atoms with Gasteiger partial charge >= 0.3 is 0 Å². The molecule has 0 nitrogen and oxygen atoms in total. The average molecular weight is 659 g/mol. The van der Waals surface area contributed by atoms with Crippen molar-refractivity contribution in [1.82, 2.24) is 0 Å². The maximum absolute atomic E-state index is 15.5. The Labute approximate surface area is 286 Å². The van der Waals surface area contributed by atoms with Crippen LogP contribution in [0.15, 0.2) is 66.8 Å². The Hall–Kier alpha value is -3.14. The highest BCUT2D eigenvalue weighted by atomic mass is 19.2. The van der Waals surface area contributed by atoms with Crippen molar-refractivity contribution in [2.45, 2.75) is 123 Å². The van der Waals surface area contributed by atoms with Crippen molar-refractivity contribution in [3.63, 3.8) is 0 Å². The molecule has 1 saturated carbocycles. The Morgan fingerprint density at radius 2 is 1.23 bits per heavy atom. The molecule has 0 N–H and O–H groups in total. The number of benzene rings is 3. The van der Waals surface area contributed by atoms with Crippen molar-refractivity contribution in [2.75, 3.05) is 0 Å². The summed E-state index contributed by atoms with van der Waals surface area (Å²) in [5, 5.41) is 0. The van der Waals surface area contributed by atoms with Crippen LogP contribution in [-0.2, 0) is 6.42 Å². The lowest BCUT2D eigenvalue weighted by Gasteiger charge is -2.35. The van der Waals surface area contributed by atoms with E-state index in [1.807, 2.05) is 19.1 Å². The second kappa shape index (κ2) is 18.0. The molecule has 1 atom stereocenters. The second-order valence-electron chi connectivity index (χ2n) is 14.3. The molecule has 0 aliphatic heterocycles. The average Bonchev–Trinajstić information content (AvgIpc) is 3.12. The fourth-order valence-corrected chi connectivity index (χ4v) is 8.12. The summed E-state index contributed by atoms with van der Waals surface area (Å²) in [5.74, 6) is -1.09. The van der Waals surface area contributed by atoms with E-state index in [2.05, 4.69) is 13.0 Å². The Morgan fingerprint density at radius 3 is 1.88 bits per heavy atom. The minimum atomic E-state index is -0.882. The molecule has 2 aliphatic carbocycles. The Kier molecular flexibility index (Phi) is 13.6. The van der Waals surface area contributed by atoms with Crippen LogP contribution in [0.25, 0.3) is 27.8 Å². The van der Waals surface area contributed by atoms with Crippen LogP contribution in [-0.4, -0.2) is 0 Å². The minimum Gasteiger partial charge on any atom is -0.203 e. The molecule has 0 spiro atoms. The van der Waals surface area contributed by atoms with Crippen LogP contribution in [0.2, 0.25) is 0 Å². The number of allylic oxidation sites excluding steroid dienone is 4. The number of halogens is 4. The first-order valence-electron chi connectivity index (χ1n) is 18.8. The molecular weight excluding hydrogens is 604 g/mol. The van der Waals surface area contributed by atoms with Crippen LogP contribution in [0.5, 0.6) is 0 Å². The predicted molar refractivity (Wildman–Crippen MR) is 194 cm³/mol. The van der Waals surface area contributed by atoms with Gasteiger partial charge in [0.25, 0.3) is 0 Å². The summed E-state index contributed by atoms with van der Waals surface area (Å²) in [4.78, 5) is 0. The zero-order valence-corrected chi connectivity index (χ0v) is 29.1.